The molecule has 0 saturated carbocycles. The Kier molecular flexibility index (Phi) is 6.56. The fraction of sp³-hybridized carbons (Fsp3) is 0.320. The summed E-state index contributed by atoms with van der Waals surface area (Å²) in [4.78, 5) is 26.2. The van der Waals surface area contributed by atoms with Crippen LogP contribution in [0.5, 0.6) is 0 Å². The summed E-state index contributed by atoms with van der Waals surface area (Å²) in [6.07, 6.45) is -5.39. The molecule has 10 heteroatoms. The SMILES string of the molecule is CC(C)c1ccc(C2CC(C(F)(F)F)n3ncc(C(=O)O)c3N2C(=O)OCc2ccccc2)cc1. The van der Waals surface area contributed by atoms with E-state index in [9.17, 15) is 27.9 Å². The van der Waals surface area contributed by atoms with E-state index in [0.29, 0.717) is 15.8 Å². The first-order valence-corrected chi connectivity index (χ1v) is 11.0. The molecule has 1 aliphatic rings. The fourth-order valence-electron chi connectivity index (χ4n) is 4.20. The van der Waals surface area contributed by atoms with E-state index in [1.165, 1.54) is 0 Å². The highest BCUT2D eigenvalue weighted by Gasteiger charge is 2.51. The number of hydrogen-bond acceptors (Lipinski definition) is 4. The number of benzene rings is 2. The molecule has 0 radical (unpaired) electrons. The Hall–Kier alpha value is -3.82. The number of nitrogens with zero attached hydrogens (tertiary/aromatic N) is 3. The number of halogens is 3. The van der Waals surface area contributed by atoms with Crippen molar-refractivity contribution in [3.05, 3.63) is 83.0 Å². The van der Waals surface area contributed by atoms with Gasteiger partial charge in [0.25, 0.3) is 0 Å². The molecule has 2 heterocycles. The van der Waals surface area contributed by atoms with Crippen LogP contribution in [0.2, 0.25) is 0 Å². The molecule has 7 nitrogen and oxygen atoms in total. The molecule has 0 bridgehead atoms. The van der Waals surface area contributed by atoms with Gasteiger partial charge in [-0.15, -0.1) is 0 Å². The van der Waals surface area contributed by atoms with Gasteiger partial charge in [0.1, 0.15) is 12.2 Å². The van der Waals surface area contributed by atoms with Crippen molar-refractivity contribution in [2.75, 3.05) is 4.90 Å². The van der Waals surface area contributed by atoms with Crippen LogP contribution in [0.15, 0.2) is 60.8 Å². The van der Waals surface area contributed by atoms with Crippen molar-refractivity contribution in [2.45, 2.75) is 51.1 Å². The Balaban J connectivity index is 1.80. The highest BCUT2D eigenvalue weighted by Crippen LogP contribution is 2.48. The molecule has 4 rings (SSSR count). The number of amides is 1. The number of anilines is 1. The predicted octanol–water partition coefficient (Wildman–Crippen LogP) is 6.10. The fourth-order valence-corrected chi connectivity index (χ4v) is 4.20. The van der Waals surface area contributed by atoms with Crippen molar-refractivity contribution in [1.82, 2.24) is 9.78 Å². The third kappa shape index (κ3) is 4.87. The molecule has 1 amide bonds. The van der Waals surface area contributed by atoms with E-state index in [2.05, 4.69) is 5.10 Å². The molecule has 0 fully saturated rings. The second-order valence-corrected chi connectivity index (χ2v) is 8.67. The maximum absolute atomic E-state index is 14.0. The molecular formula is C25H24F3N3O4. The summed E-state index contributed by atoms with van der Waals surface area (Å²) in [7, 11) is 0. The zero-order valence-electron chi connectivity index (χ0n) is 19.1. The van der Waals surface area contributed by atoms with Gasteiger partial charge in [-0.1, -0.05) is 68.4 Å². The van der Waals surface area contributed by atoms with Crippen molar-refractivity contribution in [3.8, 4) is 0 Å². The number of fused-ring (bicyclic) bond motifs is 1. The molecule has 2 atom stereocenters. The van der Waals surface area contributed by atoms with Gasteiger partial charge in [0.05, 0.1) is 12.2 Å². The molecule has 2 aromatic carbocycles. The van der Waals surface area contributed by atoms with Gasteiger partial charge in [-0.2, -0.15) is 18.3 Å². The number of carboxylic acids is 1. The van der Waals surface area contributed by atoms with Gasteiger partial charge in [-0.25, -0.2) is 14.3 Å². The predicted molar refractivity (Wildman–Crippen MR) is 121 cm³/mol. The van der Waals surface area contributed by atoms with Crippen LogP contribution in [0.25, 0.3) is 0 Å². The first kappa shape index (κ1) is 24.3. The van der Waals surface area contributed by atoms with Crippen molar-refractivity contribution in [1.29, 1.82) is 0 Å². The van der Waals surface area contributed by atoms with E-state index < -0.39 is 48.1 Å². The number of aromatic carboxylic acids is 1. The Morgan fingerprint density at radius 1 is 1.11 bits per heavy atom. The van der Waals surface area contributed by atoms with E-state index in [1.807, 2.05) is 13.8 Å². The van der Waals surface area contributed by atoms with Crippen LogP contribution < -0.4 is 4.90 Å². The van der Waals surface area contributed by atoms with Gasteiger partial charge >= 0.3 is 18.2 Å². The van der Waals surface area contributed by atoms with Crippen LogP contribution in [-0.4, -0.2) is 33.1 Å². The van der Waals surface area contributed by atoms with E-state index >= 15 is 0 Å². The summed E-state index contributed by atoms with van der Waals surface area (Å²) in [5, 5.41) is 13.4. The van der Waals surface area contributed by atoms with Crippen LogP contribution >= 0.6 is 0 Å². The lowest BCUT2D eigenvalue weighted by atomic mass is 9.92. The number of rotatable bonds is 5. The zero-order chi connectivity index (χ0) is 25.3. The number of hydrogen-bond donors (Lipinski definition) is 1. The molecule has 2 unspecified atom stereocenters. The molecule has 0 spiro atoms. The van der Waals surface area contributed by atoms with Gasteiger partial charge in [0.15, 0.2) is 11.9 Å². The molecule has 184 valence electrons. The number of carboxylic acid groups (broad SMARTS) is 1. The van der Waals surface area contributed by atoms with Crippen LogP contribution in [0.4, 0.5) is 23.8 Å². The molecule has 1 N–H and O–H groups in total. The van der Waals surface area contributed by atoms with Crippen LogP contribution in [0.1, 0.15) is 65.3 Å². The summed E-state index contributed by atoms with van der Waals surface area (Å²) < 4.78 is 48.1. The van der Waals surface area contributed by atoms with Crippen LogP contribution in [0, 0.1) is 0 Å². The number of aromatic nitrogens is 2. The second-order valence-electron chi connectivity index (χ2n) is 8.67. The van der Waals surface area contributed by atoms with Crippen LogP contribution in [0.3, 0.4) is 0 Å². The number of carbonyl (C=O) groups is 2. The summed E-state index contributed by atoms with van der Waals surface area (Å²) in [6.45, 7) is 3.84. The molecule has 0 aliphatic carbocycles. The lowest BCUT2D eigenvalue weighted by molar-refractivity contribution is -0.174. The summed E-state index contributed by atoms with van der Waals surface area (Å²) in [5.74, 6) is -1.75. The third-order valence-corrected chi connectivity index (χ3v) is 6.05. The quantitative estimate of drug-likeness (QED) is 0.470. The Labute approximate surface area is 199 Å². The highest BCUT2D eigenvalue weighted by atomic mass is 19.4. The Bertz CT molecular complexity index is 1210. The van der Waals surface area contributed by atoms with Crippen molar-refractivity contribution in [3.63, 3.8) is 0 Å². The second kappa shape index (κ2) is 9.44. The van der Waals surface area contributed by atoms with Gasteiger partial charge in [-0.05, 0) is 22.6 Å². The molecule has 1 aliphatic heterocycles. The highest BCUT2D eigenvalue weighted by molar-refractivity contribution is 5.99. The maximum atomic E-state index is 14.0. The summed E-state index contributed by atoms with van der Waals surface area (Å²) in [5.41, 5.74) is 1.57. The summed E-state index contributed by atoms with van der Waals surface area (Å²) in [6, 6.07) is 12.5. The molecule has 1 aromatic heterocycles. The van der Waals surface area contributed by atoms with Crippen molar-refractivity contribution < 1.29 is 32.6 Å². The van der Waals surface area contributed by atoms with Crippen molar-refractivity contribution in [2.24, 2.45) is 0 Å². The molecule has 3 aromatic rings. The standard InChI is InChI=1S/C25H24F3N3O4/c1-15(2)17-8-10-18(11-9-17)20-12-21(25(26,27)28)31-22(19(13-29-31)23(32)33)30(20)24(34)35-14-16-6-4-3-5-7-16/h3-11,13,15,20-21H,12,14H2,1-2H3,(H,32,33). The lowest BCUT2D eigenvalue weighted by Gasteiger charge is -2.40. The average molecular weight is 487 g/mol. The van der Waals surface area contributed by atoms with E-state index in [-0.39, 0.29) is 12.5 Å². The first-order chi connectivity index (χ1) is 16.6. The minimum absolute atomic E-state index is 0.131. The van der Waals surface area contributed by atoms with Crippen LogP contribution in [-0.2, 0) is 11.3 Å². The van der Waals surface area contributed by atoms with E-state index in [0.717, 1.165) is 16.7 Å². The van der Waals surface area contributed by atoms with Gasteiger partial charge < -0.3 is 9.84 Å². The smallest absolute Gasteiger partial charge is 0.416 e. The molecule has 0 saturated heterocycles. The number of carbonyl (C=O) groups excluding carboxylic acids is 1. The van der Waals surface area contributed by atoms with Crippen molar-refractivity contribution >= 4 is 17.9 Å². The largest absolute Gasteiger partial charge is 0.477 e. The maximum Gasteiger partial charge on any atom is 0.416 e. The van der Waals surface area contributed by atoms with Gasteiger partial charge in [0, 0.05) is 6.42 Å². The van der Waals surface area contributed by atoms with E-state index in [4.69, 9.17) is 4.74 Å². The molecular weight excluding hydrogens is 463 g/mol. The summed E-state index contributed by atoms with van der Waals surface area (Å²) >= 11 is 0. The lowest BCUT2D eigenvalue weighted by Crippen LogP contribution is -2.46. The minimum Gasteiger partial charge on any atom is -0.477 e. The number of alkyl halides is 3. The van der Waals surface area contributed by atoms with E-state index in [1.54, 1.807) is 54.6 Å². The minimum atomic E-state index is -4.72. The zero-order valence-corrected chi connectivity index (χ0v) is 19.1. The Morgan fingerprint density at radius 2 is 1.77 bits per heavy atom. The Morgan fingerprint density at radius 3 is 2.34 bits per heavy atom. The third-order valence-electron chi connectivity index (χ3n) is 6.05. The number of ether oxygens (including phenoxy) is 1. The van der Waals surface area contributed by atoms with Gasteiger partial charge in [-0.3, -0.25) is 4.90 Å². The molecule has 35 heavy (non-hydrogen) atoms. The average Bonchev–Trinajstić information content (AvgIpc) is 3.26. The monoisotopic (exact) mass is 487 g/mol. The normalized spacial score (nSPS) is 17.8. The topological polar surface area (TPSA) is 84.7 Å². The first-order valence-electron chi connectivity index (χ1n) is 11.0. The van der Waals surface area contributed by atoms with Gasteiger partial charge in [0.2, 0.25) is 0 Å².